The number of halogens is 4. The first-order valence-corrected chi connectivity index (χ1v) is 13.0. The summed E-state index contributed by atoms with van der Waals surface area (Å²) in [5, 5.41) is 21.1. The Hall–Kier alpha value is -1.09. The monoisotopic (exact) mass is 635 g/mol. The normalized spacial score (nSPS) is 13.6. The standard InChI is InChI=1S/C21H23Cl4N3O2.C4H8O2.Ni/c1-28(6-2-4-26-12-14-8-16(22)10-18(24)20(14)29)7-3-5-27-13-15-9-17(23)11-19(25)21(15)30;1-2-6-4-3-5-1;/h8-13,29-30H,2-7H2,1H3;1-4H2;. The molecule has 0 saturated carbocycles. The molecule has 12 heteroatoms. The number of hydrogen-bond donors (Lipinski definition) is 2. The SMILES string of the molecule is C1COCCO1.CN(CCCN=Cc1cc(Cl)cc(Cl)c1O)CCCN=Cc1cc(Cl)cc(Cl)c1O.[Ni]. The number of phenolic OH excluding ortho intramolecular Hbond substituents is 2. The average molecular weight is 638 g/mol. The summed E-state index contributed by atoms with van der Waals surface area (Å²) < 4.78 is 9.89. The molecule has 1 saturated heterocycles. The number of aliphatic imine (C=N–C) groups is 2. The van der Waals surface area contributed by atoms with E-state index >= 15 is 0 Å². The third kappa shape index (κ3) is 13.5. The van der Waals surface area contributed by atoms with Gasteiger partial charge in [-0.3, -0.25) is 9.98 Å². The topological polar surface area (TPSA) is 86.9 Å². The molecule has 0 aliphatic carbocycles. The van der Waals surface area contributed by atoms with Crippen molar-refractivity contribution >= 4 is 58.8 Å². The zero-order valence-electron chi connectivity index (χ0n) is 20.4. The summed E-state index contributed by atoms with van der Waals surface area (Å²) in [4.78, 5) is 10.9. The van der Waals surface area contributed by atoms with Crippen LogP contribution in [0.5, 0.6) is 11.5 Å². The minimum Gasteiger partial charge on any atom is -0.506 e. The molecule has 208 valence electrons. The number of hydrogen-bond acceptors (Lipinski definition) is 7. The van der Waals surface area contributed by atoms with Crippen molar-refractivity contribution in [3.8, 4) is 11.5 Å². The van der Waals surface area contributed by atoms with Crippen LogP contribution in [0.3, 0.4) is 0 Å². The zero-order valence-corrected chi connectivity index (χ0v) is 24.4. The van der Waals surface area contributed by atoms with E-state index in [-0.39, 0.29) is 38.0 Å². The number of benzene rings is 2. The molecule has 2 N–H and O–H groups in total. The quantitative estimate of drug-likeness (QED) is 0.190. The van der Waals surface area contributed by atoms with Crippen LogP contribution in [0.25, 0.3) is 0 Å². The number of rotatable bonds is 10. The van der Waals surface area contributed by atoms with Crippen molar-refractivity contribution in [3.63, 3.8) is 0 Å². The summed E-state index contributed by atoms with van der Waals surface area (Å²) in [6.45, 7) is 6.13. The van der Waals surface area contributed by atoms with Gasteiger partial charge in [0.05, 0.1) is 36.5 Å². The Balaban J connectivity index is 0.000000855. The summed E-state index contributed by atoms with van der Waals surface area (Å²) in [5.74, 6) is -0.0355. The van der Waals surface area contributed by atoms with Crippen LogP contribution in [-0.4, -0.2) is 87.2 Å². The molecule has 2 aromatic carbocycles. The van der Waals surface area contributed by atoms with Gasteiger partial charge in [0.1, 0.15) is 11.5 Å². The molecule has 3 rings (SSSR count). The molecule has 0 unspecified atom stereocenters. The van der Waals surface area contributed by atoms with Gasteiger partial charge in [-0.15, -0.1) is 0 Å². The van der Waals surface area contributed by atoms with Crippen LogP contribution in [0.4, 0.5) is 0 Å². The van der Waals surface area contributed by atoms with Gasteiger partial charge in [0.2, 0.25) is 0 Å². The van der Waals surface area contributed by atoms with Gasteiger partial charge in [0, 0.05) is 63.2 Å². The van der Waals surface area contributed by atoms with Gasteiger partial charge in [-0.2, -0.15) is 0 Å². The van der Waals surface area contributed by atoms with E-state index in [9.17, 15) is 10.2 Å². The second kappa shape index (κ2) is 19.0. The van der Waals surface area contributed by atoms with E-state index in [0.717, 1.165) is 52.4 Å². The number of ether oxygens (including phenoxy) is 2. The van der Waals surface area contributed by atoms with Gasteiger partial charge in [0.15, 0.2) is 0 Å². The Morgan fingerprint density at radius 2 is 1.14 bits per heavy atom. The molecule has 37 heavy (non-hydrogen) atoms. The van der Waals surface area contributed by atoms with Crippen LogP contribution >= 0.6 is 46.4 Å². The molecule has 1 fully saturated rings. The van der Waals surface area contributed by atoms with E-state index in [1.165, 1.54) is 12.1 Å². The van der Waals surface area contributed by atoms with Gasteiger partial charge < -0.3 is 24.6 Å². The van der Waals surface area contributed by atoms with Gasteiger partial charge in [-0.05, 0) is 57.2 Å². The molecule has 1 aliphatic heterocycles. The number of phenols is 2. The van der Waals surface area contributed by atoms with E-state index in [1.807, 2.05) is 7.05 Å². The maximum Gasteiger partial charge on any atom is 0.143 e. The molecule has 0 aromatic heterocycles. The Labute approximate surface area is 248 Å². The van der Waals surface area contributed by atoms with Crippen molar-refractivity contribution in [1.29, 1.82) is 0 Å². The molecule has 7 nitrogen and oxygen atoms in total. The van der Waals surface area contributed by atoms with Crippen LogP contribution in [0.2, 0.25) is 20.1 Å². The molecule has 0 amide bonds. The van der Waals surface area contributed by atoms with Gasteiger partial charge in [0.25, 0.3) is 0 Å². The third-order valence-electron chi connectivity index (χ3n) is 4.97. The van der Waals surface area contributed by atoms with Crippen LogP contribution in [-0.2, 0) is 26.0 Å². The molecule has 0 bridgehead atoms. The van der Waals surface area contributed by atoms with E-state index in [0.29, 0.717) is 34.3 Å². The first-order valence-electron chi connectivity index (χ1n) is 11.5. The van der Waals surface area contributed by atoms with Crippen molar-refractivity contribution in [1.82, 2.24) is 4.90 Å². The summed E-state index contributed by atoms with van der Waals surface area (Å²) in [7, 11) is 2.04. The van der Waals surface area contributed by atoms with E-state index in [2.05, 4.69) is 14.9 Å². The predicted octanol–water partition coefficient (Wildman–Crippen LogP) is 5.99. The van der Waals surface area contributed by atoms with Crippen LogP contribution in [0, 0.1) is 0 Å². The second-order valence-electron chi connectivity index (χ2n) is 7.96. The molecular formula is C25H31Cl4N3NiO4. The molecule has 2 aromatic rings. The Bertz CT molecular complexity index is 939. The van der Waals surface area contributed by atoms with Crippen molar-refractivity contribution in [2.24, 2.45) is 9.98 Å². The van der Waals surface area contributed by atoms with Gasteiger partial charge >= 0.3 is 0 Å². The van der Waals surface area contributed by atoms with E-state index in [4.69, 9.17) is 55.9 Å². The maximum absolute atomic E-state index is 9.89. The van der Waals surface area contributed by atoms with Crippen molar-refractivity contribution in [2.75, 3.05) is 59.7 Å². The Morgan fingerprint density at radius 3 is 1.49 bits per heavy atom. The predicted molar refractivity (Wildman–Crippen MR) is 150 cm³/mol. The zero-order chi connectivity index (χ0) is 26.3. The van der Waals surface area contributed by atoms with Crippen molar-refractivity contribution < 1.29 is 36.2 Å². The summed E-state index contributed by atoms with van der Waals surface area (Å²) in [6.07, 6.45) is 4.92. The maximum atomic E-state index is 9.89. The van der Waals surface area contributed by atoms with Gasteiger partial charge in [-0.1, -0.05) is 46.4 Å². The molecule has 0 spiro atoms. The molecule has 0 radical (unpaired) electrons. The number of aromatic hydroxyl groups is 2. The molecule has 1 aliphatic rings. The third-order valence-corrected chi connectivity index (χ3v) is 5.99. The van der Waals surface area contributed by atoms with E-state index < -0.39 is 0 Å². The van der Waals surface area contributed by atoms with Crippen LogP contribution in [0.1, 0.15) is 24.0 Å². The Kier molecular flexibility index (Phi) is 17.5. The smallest absolute Gasteiger partial charge is 0.143 e. The average Bonchev–Trinajstić information content (AvgIpc) is 2.85. The molecule has 1 heterocycles. The van der Waals surface area contributed by atoms with E-state index in [1.54, 1.807) is 24.6 Å². The molecule has 0 atom stereocenters. The second-order valence-corrected chi connectivity index (χ2v) is 9.64. The fraction of sp³-hybridized carbons (Fsp3) is 0.440. The van der Waals surface area contributed by atoms with Crippen LogP contribution in [0.15, 0.2) is 34.3 Å². The Morgan fingerprint density at radius 1 is 0.757 bits per heavy atom. The summed E-state index contributed by atoms with van der Waals surface area (Å²) in [5.41, 5.74) is 1.01. The number of nitrogens with zero attached hydrogens (tertiary/aromatic N) is 3. The fourth-order valence-corrected chi connectivity index (χ4v) is 4.13. The van der Waals surface area contributed by atoms with Crippen molar-refractivity contribution in [2.45, 2.75) is 12.8 Å². The van der Waals surface area contributed by atoms with Crippen molar-refractivity contribution in [3.05, 3.63) is 55.5 Å². The first kappa shape index (κ1) is 33.9. The first-order chi connectivity index (χ1) is 17.3. The minimum atomic E-state index is -0.0177. The largest absolute Gasteiger partial charge is 0.506 e. The van der Waals surface area contributed by atoms with Crippen LogP contribution < -0.4 is 0 Å². The fourth-order valence-electron chi connectivity index (χ4n) is 3.11. The summed E-state index contributed by atoms with van der Waals surface area (Å²) in [6, 6.07) is 6.22. The summed E-state index contributed by atoms with van der Waals surface area (Å²) >= 11 is 23.6. The minimum absolute atomic E-state index is 0. The molecular weight excluding hydrogens is 607 g/mol. The van der Waals surface area contributed by atoms with Gasteiger partial charge in [-0.25, -0.2) is 0 Å².